The Hall–Kier alpha value is -1.39. The van der Waals surface area contributed by atoms with Crippen LogP contribution < -0.4 is 15.4 Å². The average molecular weight is 309 g/mol. The lowest BCUT2D eigenvalue weighted by atomic mass is 10.2. The molecule has 10 heteroatoms. The quantitative estimate of drug-likeness (QED) is 0.451. The summed E-state index contributed by atoms with van der Waals surface area (Å²) in [7, 11) is -2.05. The molecule has 0 aromatic rings. The van der Waals surface area contributed by atoms with Gasteiger partial charge in [0, 0.05) is 13.1 Å². The maximum atomic E-state index is 11.4. The molecule has 0 spiro atoms. The molecule has 1 aliphatic rings. The Morgan fingerprint density at radius 1 is 1.30 bits per heavy atom. The van der Waals surface area contributed by atoms with Crippen molar-refractivity contribution in [2.45, 2.75) is 25.0 Å². The Balaban J connectivity index is 2.17. The molecule has 1 fully saturated rings. The molecule has 1 heterocycles. The normalized spacial score (nSPS) is 22.4. The molecule has 1 saturated heterocycles. The van der Waals surface area contributed by atoms with Crippen LogP contribution in [-0.2, 0) is 19.6 Å². The molecule has 20 heavy (non-hydrogen) atoms. The summed E-state index contributed by atoms with van der Waals surface area (Å²) >= 11 is 0. The molecular formula is C10H19N3O6S. The number of aliphatic carboxylic acids is 1. The van der Waals surface area contributed by atoms with E-state index in [-0.39, 0.29) is 24.9 Å². The van der Waals surface area contributed by atoms with Gasteiger partial charge < -0.3 is 20.5 Å². The molecule has 2 atom stereocenters. The summed E-state index contributed by atoms with van der Waals surface area (Å²) in [5.74, 6) is -1.22. The Morgan fingerprint density at radius 3 is 2.55 bits per heavy atom. The fraction of sp³-hybridized carbons (Fsp3) is 0.800. The van der Waals surface area contributed by atoms with Crippen LogP contribution in [-0.4, -0.2) is 63.6 Å². The number of hydrogen-bond donors (Lipinski definition) is 4. The number of carboxylic acid groups (broad SMARTS) is 1. The first kappa shape index (κ1) is 16.7. The fourth-order valence-electron chi connectivity index (χ4n) is 1.71. The van der Waals surface area contributed by atoms with Crippen LogP contribution >= 0.6 is 0 Å². The van der Waals surface area contributed by atoms with E-state index in [1.165, 1.54) is 7.05 Å². The third-order valence-corrected chi connectivity index (χ3v) is 4.20. The zero-order valence-electron chi connectivity index (χ0n) is 11.1. The number of carbonyl (C=O) groups is 2. The molecule has 1 rings (SSSR count). The summed E-state index contributed by atoms with van der Waals surface area (Å²) in [5.41, 5.74) is 0. The van der Waals surface area contributed by atoms with Crippen LogP contribution in [0, 0.1) is 0 Å². The van der Waals surface area contributed by atoms with Gasteiger partial charge in [0.2, 0.25) is 10.0 Å². The molecule has 0 radical (unpaired) electrons. The van der Waals surface area contributed by atoms with Crippen LogP contribution in [0.1, 0.15) is 12.8 Å². The van der Waals surface area contributed by atoms with Crippen LogP contribution in [0.5, 0.6) is 0 Å². The molecule has 116 valence electrons. The first-order valence-electron chi connectivity index (χ1n) is 6.15. The van der Waals surface area contributed by atoms with Crippen molar-refractivity contribution in [3.63, 3.8) is 0 Å². The van der Waals surface area contributed by atoms with Crippen molar-refractivity contribution in [3.8, 4) is 0 Å². The molecular weight excluding hydrogens is 290 g/mol. The highest BCUT2D eigenvalue weighted by atomic mass is 32.2. The first-order valence-corrected chi connectivity index (χ1v) is 7.80. The van der Waals surface area contributed by atoms with Gasteiger partial charge in [-0.25, -0.2) is 22.7 Å². The number of nitrogens with one attached hydrogen (secondary N) is 3. The fourth-order valence-corrected chi connectivity index (χ4v) is 2.28. The van der Waals surface area contributed by atoms with E-state index in [2.05, 4.69) is 15.4 Å². The Kier molecular flexibility index (Phi) is 6.17. The van der Waals surface area contributed by atoms with Gasteiger partial charge in [0.15, 0.2) is 6.10 Å². The van der Waals surface area contributed by atoms with Crippen LogP contribution in [0.25, 0.3) is 0 Å². The smallest absolute Gasteiger partial charge is 0.332 e. The second-order valence-corrected chi connectivity index (χ2v) is 6.37. The van der Waals surface area contributed by atoms with E-state index >= 15 is 0 Å². The summed E-state index contributed by atoms with van der Waals surface area (Å²) in [6.07, 6.45) is -0.164. The van der Waals surface area contributed by atoms with Crippen molar-refractivity contribution >= 4 is 22.0 Å². The number of urea groups is 1. The number of hydrogen-bond acceptors (Lipinski definition) is 5. The van der Waals surface area contributed by atoms with Gasteiger partial charge in [0.25, 0.3) is 0 Å². The standard InChI is InChI=1S/C10H19N3O6S/c1-11-20(17,18)5-4-12-10(16)13-6-7-2-3-8(19-7)9(14)15/h7-8,11H,2-6H2,1H3,(H,14,15)(H2,12,13,16). The lowest BCUT2D eigenvalue weighted by Gasteiger charge is -2.13. The largest absolute Gasteiger partial charge is 0.479 e. The highest BCUT2D eigenvalue weighted by Gasteiger charge is 2.30. The summed E-state index contributed by atoms with van der Waals surface area (Å²) < 4.78 is 29.5. The van der Waals surface area contributed by atoms with E-state index < -0.39 is 28.1 Å². The zero-order valence-corrected chi connectivity index (χ0v) is 11.9. The van der Waals surface area contributed by atoms with E-state index in [1.54, 1.807) is 0 Å². The number of amides is 2. The minimum absolute atomic E-state index is 0.0156. The van der Waals surface area contributed by atoms with Crippen LogP contribution in [0.3, 0.4) is 0 Å². The molecule has 0 bridgehead atoms. The van der Waals surface area contributed by atoms with E-state index in [0.29, 0.717) is 12.8 Å². The molecule has 0 saturated carbocycles. The van der Waals surface area contributed by atoms with Crippen molar-refractivity contribution in [1.82, 2.24) is 15.4 Å². The van der Waals surface area contributed by atoms with Crippen molar-refractivity contribution in [2.75, 3.05) is 25.9 Å². The van der Waals surface area contributed by atoms with Gasteiger partial charge in [0.05, 0.1) is 11.9 Å². The lowest BCUT2D eigenvalue weighted by molar-refractivity contribution is -0.149. The maximum absolute atomic E-state index is 11.4. The van der Waals surface area contributed by atoms with E-state index in [0.717, 1.165) is 0 Å². The SMILES string of the molecule is CNS(=O)(=O)CCNC(=O)NCC1CCC(C(=O)O)O1. The van der Waals surface area contributed by atoms with Crippen molar-refractivity contribution < 1.29 is 27.9 Å². The first-order chi connectivity index (χ1) is 9.34. The van der Waals surface area contributed by atoms with Crippen molar-refractivity contribution in [1.29, 1.82) is 0 Å². The minimum atomic E-state index is -3.35. The third kappa shape index (κ3) is 5.72. The molecule has 0 aromatic carbocycles. The van der Waals surface area contributed by atoms with Crippen molar-refractivity contribution in [3.05, 3.63) is 0 Å². The number of sulfonamides is 1. The Labute approximate surface area is 117 Å². The third-order valence-electron chi connectivity index (χ3n) is 2.84. The molecule has 0 aliphatic carbocycles. The van der Waals surface area contributed by atoms with Gasteiger partial charge in [0.1, 0.15) is 0 Å². The van der Waals surface area contributed by atoms with Gasteiger partial charge in [-0.2, -0.15) is 0 Å². The molecule has 2 amide bonds. The summed E-state index contributed by atoms with van der Waals surface area (Å²) in [4.78, 5) is 22.0. The predicted molar refractivity (Wildman–Crippen MR) is 69.8 cm³/mol. The van der Waals surface area contributed by atoms with E-state index in [1.807, 2.05) is 0 Å². The van der Waals surface area contributed by atoms with E-state index in [4.69, 9.17) is 9.84 Å². The number of carbonyl (C=O) groups excluding carboxylic acids is 1. The average Bonchev–Trinajstić information content (AvgIpc) is 2.85. The Bertz CT molecular complexity index is 452. The second kappa shape index (κ2) is 7.41. The monoisotopic (exact) mass is 309 g/mol. The number of ether oxygens (including phenoxy) is 1. The number of carboxylic acids is 1. The highest BCUT2D eigenvalue weighted by Crippen LogP contribution is 2.18. The van der Waals surface area contributed by atoms with Crippen LogP contribution in [0.2, 0.25) is 0 Å². The van der Waals surface area contributed by atoms with Gasteiger partial charge in [-0.1, -0.05) is 0 Å². The molecule has 2 unspecified atom stereocenters. The molecule has 4 N–H and O–H groups in total. The molecule has 1 aliphatic heterocycles. The van der Waals surface area contributed by atoms with Gasteiger partial charge in [-0.15, -0.1) is 0 Å². The van der Waals surface area contributed by atoms with Gasteiger partial charge in [-0.3, -0.25) is 0 Å². The highest BCUT2D eigenvalue weighted by molar-refractivity contribution is 7.89. The lowest BCUT2D eigenvalue weighted by Crippen LogP contribution is -2.42. The van der Waals surface area contributed by atoms with Crippen molar-refractivity contribution in [2.24, 2.45) is 0 Å². The Morgan fingerprint density at radius 2 is 2.00 bits per heavy atom. The molecule has 0 aromatic heterocycles. The minimum Gasteiger partial charge on any atom is -0.479 e. The van der Waals surface area contributed by atoms with Crippen LogP contribution in [0.15, 0.2) is 0 Å². The second-order valence-electron chi connectivity index (χ2n) is 4.32. The molecule has 9 nitrogen and oxygen atoms in total. The van der Waals surface area contributed by atoms with E-state index in [9.17, 15) is 18.0 Å². The zero-order chi connectivity index (χ0) is 15.2. The topological polar surface area (TPSA) is 134 Å². The predicted octanol–water partition coefficient (Wildman–Crippen LogP) is -1.53. The van der Waals surface area contributed by atoms with Gasteiger partial charge >= 0.3 is 12.0 Å². The van der Waals surface area contributed by atoms with Crippen LogP contribution in [0.4, 0.5) is 4.79 Å². The maximum Gasteiger partial charge on any atom is 0.332 e. The summed E-state index contributed by atoms with van der Waals surface area (Å²) in [6.45, 7) is 0.173. The summed E-state index contributed by atoms with van der Waals surface area (Å²) in [6, 6.07) is -0.515. The van der Waals surface area contributed by atoms with Gasteiger partial charge in [-0.05, 0) is 19.9 Å². The summed E-state index contributed by atoms with van der Waals surface area (Å²) in [5, 5.41) is 13.6. The number of rotatable bonds is 7.